The fourth-order valence-electron chi connectivity index (χ4n) is 1.76. The molecule has 0 saturated carbocycles. The number of rotatable bonds is 5. The standard InChI is InChI=1S/C15H16N2O2S/c1-17-9-5-8-13(17)15(19)16-14(18)11-20-10-12-6-3-2-4-7-12/h2-9H,10-11H2,1H3,(H,16,18,19). The molecule has 0 aliphatic rings. The first-order chi connectivity index (χ1) is 9.66. The van der Waals surface area contributed by atoms with Crippen LogP contribution < -0.4 is 5.32 Å². The van der Waals surface area contributed by atoms with Gasteiger partial charge in [0, 0.05) is 19.0 Å². The summed E-state index contributed by atoms with van der Waals surface area (Å²) in [5.74, 6) is 0.400. The summed E-state index contributed by atoms with van der Waals surface area (Å²) in [6, 6.07) is 13.4. The highest BCUT2D eigenvalue weighted by molar-refractivity contribution is 7.99. The molecule has 20 heavy (non-hydrogen) atoms. The third-order valence-corrected chi connectivity index (χ3v) is 3.78. The molecule has 104 valence electrons. The lowest BCUT2D eigenvalue weighted by Crippen LogP contribution is -2.33. The van der Waals surface area contributed by atoms with Crippen LogP contribution in [0.25, 0.3) is 0 Å². The Kier molecular flexibility index (Phi) is 5.01. The summed E-state index contributed by atoms with van der Waals surface area (Å²) >= 11 is 1.49. The van der Waals surface area contributed by atoms with E-state index in [9.17, 15) is 9.59 Å². The predicted molar refractivity (Wildman–Crippen MR) is 80.5 cm³/mol. The number of nitrogens with one attached hydrogen (secondary N) is 1. The molecule has 0 bridgehead atoms. The molecule has 1 N–H and O–H groups in total. The lowest BCUT2D eigenvalue weighted by molar-refractivity contribution is -0.117. The molecule has 1 heterocycles. The quantitative estimate of drug-likeness (QED) is 0.918. The molecule has 0 spiro atoms. The van der Waals surface area contributed by atoms with Gasteiger partial charge in [-0.2, -0.15) is 0 Å². The molecule has 0 fully saturated rings. The van der Waals surface area contributed by atoms with E-state index >= 15 is 0 Å². The summed E-state index contributed by atoms with van der Waals surface area (Å²) in [4.78, 5) is 23.5. The highest BCUT2D eigenvalue weighted by Crippen LogP contribution is 2.11. The number of amides is 2. The summed E-state index contributed by atoms with van der Waals surface area (Å²) in [7, 11) is 1.77. The zero-order chi connectivity index (χ0) is 14.4. The van der Waals surface area contributed by atoms with Crippen molar-refractivity contribution in [3.8, 4) is 0 Å². The van der Waals surface area contributed by atoms with E-state index in [-0.39, 0.29) is 17.6 Å². The second-order valence-corrected chi connectivity index (χ2v) is 5.35. The van der Waals surface area contributed by atoms with Crippen LogP contribution in [0.5, 0.6) is 0 Å². The van der Waals surface area contributed by atoms with Gasteiger partial charge in [0.25, 0.3) is 5.91 Å². The Bertz CT molecular complexity index is 593. The van der Waals surface area contributed by atoms with Crippen molar-refractivity contribution >= 4 is 23.6 Å². The summed E-state index contributed by atoms with van der Waals surface area (Å²) in [5.41, 5.74) is 1.64. The molecule has 2 rings (SSSR count). The maximum absolute atomic E-state index is 11.8. The minimum Gasteiger partial charge on any atom is -0.347 e. The second-order valence-electron chi connectivity index (χ2n) is 4.36. The molecule has 0 radical (unpaired) electrons. The van der Waals surface area contributed by atoms with E-state index in [1.54, 1.807) is 29.9 Å². The van der Waals surface area contributed by atoms with E-state index in [4.69, 9.17) is 0 Å². The van der Waals surface area contributed by atoms with E-state index in [1.807, 2.05) is 30.3 Å². The average Bonchev–Trinajstić information content (AvgIpc) is 2.86. The smallest absolute Gasteiger partial charge is 0.274 e. The Morgan fingerprint density at radius 3 is 2.55 bits per heavy atom. The van der Waals surface area contributed by atoms with Gasteiger partial charge in [-0.1, -0.05) is 30.3 Å². The highest BCUT2D eigenvalue weighted by Gasteiger charge is 2.12. The number of benzene rings is 1. The van der Waals surface area contributed by atoms with Crippen LogP contribution in [0.1, 0.15) is 16.1 Å². The first-order valence-electron chi connectivity index (χ1n) is 6.24. The van der Waals surface area contributed by atoms with E-state index in [0.29, 0.717) is 5.69 Å². The zero-order valence-corrected chi connectivity index (χ0v) is 12.0. The Labute approximate surface area is 122 Å². The van der Waals surface area contributed by atoms with Crippen molar-refractivity contribution in [2.24, 2.45) is 7.05 Å². The fraction of sp³-hybridized carbons (Fsp3) is 0.200. The van der Waals surface area contributed by atoms with Crippen molar-refractivity contribution in [1.29, 1.82) is 0 Å². The van der Waals surface area contributed by atoms with E-state index in [0.717, 1.165) is 5.75 Å². The minimum absolute atomic E-state index is 0.267. The number of carbonyl (C=O) groups excluding carboxylic acids is 2. The molecule has 0 aliphatic carbocycles. The third-order valence-electron chi connectivity index (χ3n) is 2.77. The van der Waals surface area contributed by atoms with Crippen molar-refractivity contribution < 1.29 is 9.59 Å². The molecule has 4 nitrogen and oxygen atoms in total. The van der Waals surface area contributed by atoms with Crippen LogP contribution in [-0.2, 0) is 17.6 Å². The summed E-state index contributed by atoms with van der Waals surface area (Å²) in [6.45, 7) is 0. The third kappa shape index (κ3) is 3.99. The number of carbonyl (C=O) groups is 2. The maximum atomic E-state index is 11.8. The summed E-state index contributed by atoms with van der Waals surface area (Å²) in [6.07, 6.45) is 1.77. The molecule has 2 amide bonds. The molecule has 0 saturated heterocycles. The Morgan fingerprint density at radius 1 is 1.15 bits per heavy atom. The normalized spacial score (nSPS) is 10.2. The minimum atomic E-state index is -0.359. The van der Waals surface area contributed by atoms with Crippen molar-refractivity contribution in [2.75, 3.05) is 5.75 Å². The molecule has 1 aromatic carbocycles. The van der Waals surface area contributed by atoms with E-state index in [1.165, 1.54) is 17.3 Å². The van der Waals surface area contributed by atoms with Gasteiger partial charge in [0.05, 0.1) is 5.75 Å². The lowest BCUT2D eigenvalue weighted by atomic mass is 10.2. The lowest BCUT2D eigenvalue weighted by Gasteiger charge is -2.05. The molecule has 5 heteroatoms. The van der Waals surface area contributed by atoms with Gasteiger partial charge in [0.1, 0.15) is 5.69 Å². The van der Waals surface area contributed by atoms with Crippen molar-refractivity contribution in [1.82, 2.24) is 9.88 Å². The number of thioether (sulfide) groups is 1. The van der Waals surface area contributed by atoms with Crippen LogP contribution in [0.15, 0.2) is 48.7 Å². The van der Waals surface area contributed by atoms with E-state index < -0.39 is 0 Å². The highest BCUT2D eigenvalue weighted by atomic mass is 32.2. The van der Waals surface area contributed by atoms with Crippen LogP contribution in [0.2, 0.25) is 0 Å². The first kappa shape index (κ1) is 14.4. The van der Waals surface area contributed by atoms with Gasteiger partial charge < -0.3 is 4.57 Å². The van der Waals surface area contributed by atoms with Gasteiger partial charge in [-0.15, -0.1) is 11.8 Å². The molecular weight excluding hydrogens is 272 g/mol. The van der Waals surface area contributed by atoms with Gasteiger partial charge in [-0.05, 0) is 17.7 Å². The molecule has 0 atom stereocenters. The van der Waals surface area contributed by atoms with Gasteiger partial charge in [-0.25, -0.2) is 0 Å². The number of imide groups is 1. The molecular formula is C15H16N2O2S. The number of nitrogens with zero attached hydrogens (tertiary/aromatic N) is 1. The predicted octanol–water partition coefficient (Wildman–Crippen LogP) is 2.21. The monoisotopic (exact) mass is 288 g/mol. The number of aromatic nitrogens is 1. The van der Waals surface area contributed by atoms with Gasteiger partial charge in [0.2, 0.25) is 5.91 Å². The largest absolute Gasteiger partial charge is 0.347 e. The number of hydrogen-bond acceptors (Lipinski definition) is 3. The number of hydrogen-bond donors (Lipinski definition) is 1. The molecule has 2 aromatic rings. The Morgan fingerprint density at radius 2 is 1.90 bits per heavy atom. The topological polar surface area (TPSA) is 51.1 Å². The van der Waals surface area contributed by atoms with Gasteiger partial charge in [-0.3, -0.25) is 14.9 Å². The summed E-state index contributed by atoms with van der Waals surface area (Å²) in [5, 5.41) is 2.39. The Balaban J connectivity index is 1.76. The van der Waals surface area contributed by atoms with Crippen LogP contribution in [0, 0.1) is 0 Å². The van der Waals surface area contributed by atoms with Crippen LogP contribution in [0.4, 0.5) is 0 Å². The summed E-state index contributed by atoms with van der Waals surface area (Å²) < 4.78 is 1.68. The van der Waals surface area contributed by atoms with Crippen LogP contribution >= 0.6 is 11.8 Å². The van der Waals surface area contributed by atoms with Crippen molar-refractivity contribution in [2.45, 2.75) is 5.75 Å². The van der Waals surface area contributed by atoms with Gasteiger partial charge >= 0.3 is 0 Å². The van der Waals surface area contributed by atoms with E-state index in [2.05, 4.69) is 5.32 Å². The van der Waals surface area contributed by atoms with Crippen LogP contribution in [-0.4, -0.2) is 22.1 Å². The zero-order valence-electron chi connectivity index (χ0n) is 11.2. The first-order valence-corrected chi connectivity index (χ1v) is 7.39. The SMILES string of the molecule is Cn1cccc1C(=O)NC(=O)CSCc1ccccc1. The molecule has 0 aliphatic heterocycles. The maximum Gasteiger partial charge on any atom is 0.274 e. The van der Waals surface area contributed by atoms with Crippen molar-refractivity contribution in [3.63, 3.8) is 0 Å². The Hall–Kier alpha value is -2.01. The molecule has 1 aromatic heterocycles. The van der Waals surface area contributed by atoms with Gasteiger partial charge in [0.15, 0.2) is 0 Å². The number of aryl methyl sites for hydroxylation is 1. The van der Waals surface area contributed by atoms with Crippen LogP contribution in [0.3, 0.4) is 0 Å². The average molecular weight is 288 g/mol. The molecule has 0 unspecified atom stereocenters. The fourth-order valence-corrected chi connectivity index (χ4v) is 2.55. The second kappa shape index (κ2) is 6.96. The van der Waals surface area contributed by atoms with Crippen molar-refractivity contribution in [3.05, 3.63) is 59.9 Å².